The minimum Gasteiger partial charge on any atom is -0.506 e. The van der Waals surface area contributed by atoms with Crippen LogP contribution >= 0.6 is 15.9 Å². The van der Waals surface area contributed by atoms with E-state index in [-0.39, 0.29) is 0 Å². The van der Waals surface area contributed by atoms with Crippen LogP contribution in [0.4, 0.5) is 0 Å². The molecule has 1 aromatic rings. The quantitative estimate of drug-likeness (QED) is 0.796. The number of phenolic OH excluding ortho intramolecular Hbond substituents is 1. The predicted molar refractivity (Wildman–Crippen MR) is 86.4 cm³/mol. The number of nitrogens with one attached hydrogen (secondary N) is 1. The van der Waals surface area contributed by atoms with Gasteiger partial charge in [-0.25, -0.2) is 0 Å². The number of aryl methyl sites for hydroxylation is 1. The summed E-state index contributed by atoms with van der Waals surface area (Å²) >= 11 is 3.55. The van der Waals surface area contributed by atoms with Gasteiger partial charge in [-0.3, -0.25) is 0 Å². The number of aromatic hydroxyl groups is 1. The number of rotatable bonds is 2. The standard InChI is InChI=1S/C17H24BrNO/c18-16-10-12-6-2-1-3-8-14(12)15(17(16)20)11-13-7-4-5-9-19-13/h10,13,19-20H,1-9,11H2. The highest BCUT2D eigenvalue weighted by atomic mass is 79.9. The highest BCUT2D eigenvalue weighted by molar-refractivity contribution is 9.10. The van der Waals surface area contributed by atoms with Crippen molar-refractivity contribution in [2.45, 2.75) is 63.8 Å². The zero-order valence-electron chi connectivity index (χ0n) is 12.1. The van der Waals surface area contributed by atoms with Crippen molar-refractivity contribution in [3.8, 4) is 5.75 Å². The van der Waals surface area contributed by atoms with E-state index in [1.807, 2.05) is 0 Å². The molecule has 3 rings (SSSR count). The van der Waals surface area contributed by atoms with Crippen molar-refractivity contribution < 1.29 is 5.11 Å². The van der Waals surface area contributed by atoms with Gasteiger partial charge in [0, 0.05) is 11.6 Å². The molecule has 2 N–H and O–H groups in total. The SMILES string of the molecule is Oc1c(Br)cc2c(c1CC1CCCCN1)CCCCC2. The highest BCUT2D eigenvalue weighted by Crippen LogP contribution is 2.37. The van der Waals surface area contributed by atoms with Crippen molar-refractivity contribution in [1.82, 2.24) is 5.32 Å². The molecule has 0 saturated carbocycles. The van der Waals surface area contributed by atoms with E-state index in [0.29, 0.717) is 11.8 Å². The molecular weight excluding hydrogens is 314 g/mol. The monoisotopic (exact) mass is 337 g/mol. The van der Waals surface area contributed by atoms with E-state index >= 15 is 0 Å². The fourth-order valence-corrected chi connectivity index (χ4v) is 4.20. The summed E-state index contributed by atoms with van der Waals surface area (Å²) in [4.78, 5) is 0. The summed E-state index contributed by atoms with van der Waals surface area (Å²) in [6, 6.07) is 2.68. The van der Waals surface area contributed by atoms with Gasteiger partial charge >= 0.3 is 0 Å². The van der Waals surface area contributed by atoms with Crippen LogP contribution in [0.25, 0.3) is 0 Å². The fraction of sp³-hybridized carbons (Fsp3) is 0.647. The van der Waals surface area contributed by atoms with Gasteiger partial charge in [-0.2, -0.15) is 0 Å². The van der Waals surface area contributed by atoms with Crippen molar-refractivity contribution in [2.75, 3.05) is 6.54 Å². The van der Waals surface area contributed by atoms with Crippen molar-refractivity contribution in [3.63, 3.8) is 0 Å². The van der Waals surface area contributed by atoms with Crippen LogP contribution in [0.3, 0.4) is 0 Å². The number of halogens is 1. The van der Waals surface area contributed by atoms with E-state index in [1.54, 1.807) is 0 Å². The molecule has 3 heteroatoms. The maximum Gasteiger partial charge on any atom is 0.133 e. The average molecular weight is 338 g/mol. The fourth-order valence-electron chi connectivity index (χ4n) is 3.68. The molecule has 1 fully saturated rings. The van der Waals surface area contributed by atoms with Crippen LogP contribution < -0.4 is 5.32 Å². The maximum absolute atomic E-state index is 10.5. The number of hydrogen-bond donors (Lipinski definition) is 2. The highest BCUT2D eigenvalue weighted by Gasteiger charge is 2.22. The second-order valence-corrected chi connectivity index (χ2v) is 7.09. The molecule has 1 atom stereocenters. The van der Waals surface area contributed by atoms with Crippen LogP contribution in [0.5, 0.6) is 5.75 Å². The smallest absolute Gasteiger partial charge is 0.133 e. The van der Waals surface area contributed by atoms with E-state index < -0.39 is 0 Å². The molecule has 1 aliphatic carbocycles. The van der Waals surface area contributed by atoms with Crippen LogP contribution in [0.2, 0.25) is 0 Å². The Morgan fingerprint density at radius 2 is 2.00 bits per heavy atom. The summed E-state index contributed by atoms with van der Waals surface area (Å²) in [5, 5.41) is 14.1. The van der Waals surface area contributed by atoms with E-state index in [2.05, 4.69) is 27.3 Å². The minimum atomic E-state index is 0.484. The summed E-state index contributed by atoms with van der Waals surface area (Å²) in [6.07, 6.45) is 11.0. The third-order valence-electron chi connectivity index (χ3n) is 4.80. The third kappa shape index (κ3) is 3.04. The molecule has 1 saturated heterocycles. The number of hydrogen-bond acceptors (Lipinski definition) is 2. The van der Waals surface area contributed by atoms with Crippen molar-refractivity contribution in [1.29, 1.82) is 0 Å². The molecule has 0 bridgehead atoms. The lowest BCUT2D eigenvalue weighted by atomic mass is 9.90. The Hall–Kier alpha value is -0.540. The maximum atomic E-state index is 10.5. The first-order valence-corrected chi connectivity index (χ1v) is 8.80. The Morgan fingerprint density at radius 3 is 2.80 bits per heavy atom. The van der Waals surface area contributed by atoms with E-state index in [0.717, 1.165) is 23.9 Å². The Morgan fingerprint density at radius 1 is 1.15 bits per heavy atom. The van der Waals surface area contributed by atoms with Crippen LogP contribution in [0.1, 0.15) is 55.2 Å². The number of fused-ring (bicyclic) bond motifs is 1. The summed E-state index contributed by atoms with van der Waals surface area (Å²) in [6.45, 7) is 1.13. The summed E-state index contributed by atoms with van der Waals surface area (Å²) in [7, 11) is 0. The molecule has 0 aromatic heterocycles. The summed E-state index contributed by atoms with van der Waals surface area (Å²) in [5.74, 6) is 0.484. The Labute approximate surface area is 130 Å². The Bertz CT molecular complexity index is 480. The lowest BCUT2D eigenvalue weighted by Gasteiger charge is -2.26. The first-order valence-electron chi connectivity index (χ1n) is 8.01. The van der Waals surface area contributed by atoms with Crippen LogP contribution in [-0.2, 0) is 19.3 Å². The topological polar surface area (TPSA) is 32.3 Å². The Kier molecular flexibility index (Phi) is 4.67. The molecule has 1 aliphatic heterocycles. The molecular formula is C17H24BrNO. The normalized spacial score (nSPS) is 23.1. The largest absolute Gasteiger partial charge is 0.506 e. The molecule has 0 radical (unpaired) electrons. The van der Waals surface area contributed by atoms with Gasteiger partial charge < -0.3 is 10.4 Å². The van der Waals surface area contributed by atoms with Gasteiger partial charge in [0.15, 0.2) is 0 Å². The van der Waals surface area contributed by atoms with Gasteiger partial charge in [0.25, 0.3) is 0 Å². The molecule has 1 heterocycles. The molecule has 1 unspecified atom stereocenters. The van der Waals surface area contributed by atoms with Crippen molar-refractivity contribution in [2.24, 2.45) is 0 Å². The van der Waals surface area contributed by atoms with Gasteiger partial charge in [-0.15, -0.1) is 0 Å². The van der Waals surface area contributed by atoms with Crippen LogP contribution in [-0.4, -0.2) is 17.7 Å². The second kappa shape index (κ2) is 6.48. The first-order chi connectivity index (χ1) is 9.75. The Balaban J connectivity index is 1.92. The van der Waals surface area contributed by atoms with Crippen LogP contribution in [0.15, 0.2) is 10.5 Å². The molecule has 2 nitrogen and oxygen atoms in total. The zero-order valence-corrected chi connectivity index (χ0v) is 13.6. The van der Waals surface area contributed by atoms with E-state index in [1.165, 1.54) is 61.6 Å². The summed E-state index contributed by atoms with van der Waals surface area (Å²) in [5.41, 5.74) is 4.10. The van der Waals surface area contributed by atoms with E-state index in [9.17, 15) is 5.11 Å². The number of benzene rings is 1. The lowest BCUT2D eigenvalue weighted by Crippen LogP contribution is -2.35. The van der Waals surface area contributed by atoms with Crippen molar-refractivity contribution in [3.05, 3.63) is 27.2 Å². The van der Waals surface area contributed by atoms with E-state index in [4.69, 9.17) is 0 Å². The van der Waals surface area contributed by atoms with Crippen molar-refractivity contribution >= 4 is 15.9 Å². The molecule has 0 amide bonds. The summed E-state index contributed by atoms with van der Waals surface area (Å²) < 4.78 is 0.879. The molecule has 2 aliphatic rings. The number of piperidine rings is 1. The first kappa shape index (κ1) is 14.4. The van der Waals surface area contributed by atoms with Gasteiger partial charge in [0.05, 0.1) is 4.47 Å². The average Bonchev–Trinajstić information content (AvgIpc) is 2.70. The zero-order chi connectivity index (χ0) is 13.9. The van der Waals surface area contributed by atoms with Gasteiger partial charge in [0.1, 0.15) is 5.75 Å². The van der Waals surface area contributed by atoms with Gasteiger partial charge in [-0.1, -0.05) is 12.8 Å². The second-order valence-electron chi connectivity index (χ2n) is 6.23. The number of phenols is 1. The van der Waals surface area contributed by atoms with Gasteiger partial charge in [-0.05, 0) is 84.6 Å². The lowest BCUT2D eigenvalue weighted by molar-refractivity contribution is 0.390. The molecule has 0 spiro atoms. The predicted octanol–water partition coefficient (Wildman–Crippen LogP) is 4.11. The molecule has 110 valence electrons. The molecule has 1 aromatic carbocycles. The van der Waals surface area contributed by atoms with Crippen LogP contribution in [0, 0.1) is 0 Å². The minimum absolute atomic E-state index is 0.484. The van der Waals surface area contributed by atoms with Gasteiger partial charge in [0.2, 0.25) is 0 Å². The third-order valence-corrected chi connectivity index (χ3v) is 5.41. The molecule has 20 heavy (non-hydrogen) atoms.